The third-order valence-corrected chi connectivity index (χ3v) is 8.77. The van der Waals surface area contributed by atoms with Gasteiger partial charge in [-0.05, 0) is 90.9 Å². The summed E-state index contributed by atoms with van der Waals surface area (Å²) in [6.07, 6.45) is 1.87. The fourth-order valence-corrected chi connectivity index (χ4v) is 6.39. The largest absolute Gasteiger partial charge is 0.494 e. The highest BCUT2D eigenvalue weighted by molar-refractivity contribution is 6.46. The molecule has 1 N–H and O–H groups in total. The molecule has 0 unspecified atom stereocenters. The molecule has 1 aliphatic rings. The van der Waals surface area contributed by atoms with E-state index in [0.29, 0.717) is 52.9 Å². The third-order valence-electron chi connectivity index (χ3n) is 8.54. The zero-order valence-corrected chi connectivity index (χ0v) is 31.2. The maximum atomic E-state index is 14.0. The Bertz CT molecular complexity index is 2210. The normalized spacial score (nSPS) is 13.8. The fraction of sp³-hybridized carbons (Fsp3) is 0.342. The van der Waals surface area contributed by atoms with E-state index in [1.807, 2.05) is 18.2 Å². The number of hydrogen-bond donors (Lipinski definition) is 1. The van der Waals surface area contributed by atoms with Gasteiger partial charge in [-0.15, -0.1) is 5.10 Å². The monoisotopic (exact) mass is 740 g/mol. The predicted octanol–water partition coefficient (Wildman–Crippen LogP) is 5.94. The summed E-state index contributed by atoms with van der Waals surface area (Å²) in [6, 6.07) is 19.4. The quantitative estimate of drug-likeness (QED) is 0.143. The number of para-hydroxylation sites is 1. The number of amides is 2. The summed E-state index contributed by atoms with van der Waals surface area (Å²) in [5, 5.41) is 14.3. The number of anilines is 2. The number of ether oxygens (including phenoxy) is 2. The first-order valence-electron chi connectivity index (χ1n) is 17.2. The standard InChI is InChI=1S/C38H41ClN8O6/c1-37(2,3)28-14-8-10-24(12-9-19-52-27-13-7-11-25(20-27)30-22-32(48)41-47(30)36(51)53-38(4,5)6)33(28)45-18-17-44(34(49)35(45)50)31-21-26(39)15-16-29(31)46-23-40-42-43-46/h7-8,10-11,13-16,20-23H,9,12,17-19H2,1-6H3,(H,41,48). The molecule has 0 atom stereocenters. The van der Waals surface area contributed by atoms with Crippen molar-refractivity contribution in [1.82, 2.24) is 30.0 Å². The average molecular weight is 741 g/mol. The molecule has 0 spiro atoms. The van der Waals surface area contributed by atoms with Crippen molar-refractivity contribution in [3.8, 4) is 22.7 Å². The number of aromatic nitrogens is 6. The first kappa shape index (κ1) is 37.0. The van der Waals surface area contributed by atoms with Gasteiger partial charge in [0.25, 0.3) is 5.56 Å². The molecule has 1 saturated heterocycles. The SMILES string of the molecule is CC(C)(C)OC(=O)n1[nH]c(=O)cc1-c1cccc(OCCCc2cccc(C(C)(C)C)c2N2CCN(c3cc(Cl)ccc3-n3cnnn3)C(=O)C2=O)c1. The molecule has 3 aromatic carbocycles. The lowest BCUT2D eigenvalue weighted by Gasteiger charge is -2.38. The molecule has 6 rings (SSSR count). The molecule has 2 amide bonds. The predicted molar refractivity (Wildman–Crippen MR) is 200 cm³/mol. The van der Waals surface area contributed by atoms with E-state index in [-0.39, 0.29) is 18.5 Å². The van der Waals surface area contributed by atoms with Crippen molar-refractivity contribution in [2.75, 3.05) is 29.5 Å². The number of aryl methyl sites for hydroxylation is 1. The highest BCUT2D eigenvalue weighted by atomic mass is 35.5. The fourth-order valence-electron chi connectivity index (χ4n) is 6.23. The number of nitrogens with zero attached hydrogens (tertiary/aromatic N) is 7. The van der Waals surface area contributed by atoms with E-state index in [1.165, 1.54) is 22.0 Å². The molecule has 0 aliphatic carbocycles. The maximum Gasteiger partial charge on any atom is 0.434 e. The number of tetrazole rings is 1. The van der Waals surface area contributed by atoms with Crippen molar-refractivity contribution in [2.24, 2.45) is 0 Å². The van der Waals surface area contributed by atoms with E-state index < -0.39 is 29.1 Å². The topological polar surface area (TPSA) is 158 Å². The van der Waals surface area contributed by atoms with E-state index in [1.54, 1.807) is 68.1 Å². The van der Waals surface area contributed by atoms with Crippen LogP contribution in [0.4, 0.5) is 16.2 Å². The Balaban J connectivity index is 1.19. The molecule has 3 heterocycles. The van der Waals surface area contributed by atoms with Crippen molar-refractivity contribution >= 4 is 40.9 Å². The van der Waals surface area contributed by atoms with Gasteiger partial charge in [0.2, 0.25) is 0 Å². The van der Waals surface area contributed by atoms with Gasteiger partial charge in [0.15, 0.2) is 0 Å². The van der Waals surface area contributed by atoms with Crippen LogP contribution in [0, 0.1) is 0 Å². The van der Waals surface area contributed by atoms with Crippen LogP contribution in [0.2, 0.25) is 5.02 Å². The summed E-state index contributed by atoms with van der Waals surface area (Å²) >= 11 is 6.34. The van der Waals surface area contributed by atoms with Crippen LogP contribution in [0.25, 0.3) is 16.9 Å². The van der Waals surface area contributed by atoms with Crippen LogP contribution < -0.4 is 20.1 Å². The van der Waals surface area contributed by atoms with Gasteiger partial charge in [-0.25, -0.2) is 4.79 Å². The van der Waals surface area contributed by atoms with E-state index in [9.17, 15) is 19.2 Å². The van der Waals surface area contributed by atoms with E-state index in [2.05, 4.69) is 41.4 Å². The first-order chi connectivity index (χ1) is 25.1. The molecule has 0 saturated carbocycles. The van der Waals surface area contributed by atoms with Crippen LogP contribution >= 0.6 is 11.6 Å². The smallest absolute Gasteiger partial charge is 0.434 e. The Morgan fingerprint density at radius 2 is 1.62 bits per heavy atom. The van der Waals surface area contributed by atoms with E-state index in [0.717, 1.165) is 21.5 Å². The van der Waals surface area contributed by atoms with Crippen LogP contribution in [0.5, 0.6) is 5.75 Å². The lowest BCUT2D eigenvalue weighted by atomic mass is 9.83. The van der Waals surface area contributed by atoms with Crippen LogP contribution in [0.3, 0.4) is 0 Å². The number of nitrogens with one attached hydrogen (secondary N) is 1. The lowest BCUT2D eigenvalue weighted by Crippen LogP contribution is -2.55. The number of hydrogen-bond acceptors (Lipinski definition) is 9. The van der Waals surface area contributed by atoms with Gasteiger partial charge in [0, 0.05) is 29.7 Å². The zero-order chi connectivity index (χ0) is 38.1. The van der Waals surface area contributed by atoms with Crippen LogP contribution in [-0.4, -0.2) is 73.2 Å². The summed E-state index contributed by atoms with van der Waals surface area (Å²) in [7, 11) is 0. The number of aromatic amines is 1. The zero-order valence-electron chi connectivity index (χ0n) is 30.4. The van der Waals surface area contributed by atoms with Crippen LogP contribution in [0.15, 0.2) is 77.9 Å². The number of benzene rings is 3. The maximum absolute atomic E-state index is 14.0. The summed E-state index contributed by atoms with van der Waals surface area (Å²) < 4.78 is 14.1. The molecular weight excluding hydrogens is 700 g/mol. The Hall–Kier alpha value is -5.76. The number of H-pyrrole nitrogens is 1. The van der Waals surface area contributed by atoms with Gasteiger partial charge < -0.3 is 19.3 Å². The summed E-state index contributed by atoms with van der Waals surface area (Å²) in [4.78, 5) is 55.9. The number of piperazine rings is 1. The molecule has 1 aliphatic heterocycles. The molecule has 53 heavy (non-hydrogen) atoms. The summed E-state index contributed by atoms with van der Waals surface area (Å²) in [5.41, 5.74) is 2.94. The molecule has 0 radical (unpaired) electrons. The number of rotatable bonds is 9. The lowest BCUT2D eigenvalue weighted by molar-refractivity contribution is -0.136. The second-order valence-corrected chi connectivity index (χ2v) is 15.1. The van der Waals surface area contributed by atoms with Crippen molar-refractivity contribution in [3.05, 3.63) is 99.6 Å². The first-order valence-corrected chi connectivity index (χ1v) is 17.6. The minimum atomic E-state index is -0.748. The molecule has 276 valence electrons. The Labute approximate surface area is 311 Å². The minimum absolute atomic E-state index is 0.223. The Morgan fingerprint density at radius 1 is 0.887 bits per heavy atom. The number of halogens is 1. The van der Waals surface area contributed by atoms with E-state index in [4.69, 9.17) is 21.1 Å². The molecular formula is C38H41ClN8O6. The van der Waals surface area contributed by atoms with Gasteiger partial charge in [-0.1, -0.05) is 62.7 Å². The van der Waals surface area contributed by atoms with Gasteiger partial charge in [0.05, 0.1) is 29.4 Å². The van der Waals surface area contributed by atoms with Gasteiger partial charge >= 0.3 is 17.9 Å². The number of carbonyl (C=O) groups excluding carboxylic acids is 3. The van der Waals surface area contributed by atoms with Crippen molar-refractivity contribution in [2.45, 2.75) is 65.4 Å². The second-order valence-electron chi connectivity index (χ2n) is 14.7. The number of carbonyl (C=O) groups is 3. The summed E-state index contributed by atoms with van der Waals surface area (Å²) in [6.45, 7) is 12.3. The van der Waals surface area contributed by atoms with Gasteiger partial charge in [-0.2, -0.15) is 9.36 Å². The van der Waals surface area contributed by atoms with Crippen LogP contribution in [0.1, 0.15) is 59.1 Å². The van der Waals surface area contributed by atoms with Gasteiger partial charge in [-0.3, -0.25) is 19.5 Å². The van der Waals surface area contributed by atoms with Gasteiger partial charge in [0.1, 0.15) is 17.7 Å². The Morgan fingerprint density at radius 3 is 2.34 bits per heavy atom. The summed E-state index contributed by atoms with van der Waals surface area (Å²) in [5.74, 6) is -0.792. The van der Waals surface area contributed by atoms with E-state index >= 15 is 0 Å². The van der Waals surface area contributed by atoms with Crippen molar-refractivity contribution in [3.63, 3.8) is 0 Å². The molecule has 14 nitrogen and oxygen atoms in total. The van der Waals surface area contributed by atoms with Crippen LogP contribution in [-0.2, 0) is 26.2 Å². The third kappa shape index (κ3) is 8.17. The molecule has 1 fully saturated rings. The minimum Gasteiger partial charge on any atom is -0.494 e. The second kappa shape index (κ2) is 14.7. The average Bonchev–Trinajstić information content (AvgIpc) is 3.77. The molecule has 5 aromatic rings. The highest BCUT2D eigenvalue weighted by Crippen LogP contribution is 2.38. The molecule has 15 heteroatoms. The highest BCUT2D eigenvalue weighted by Gasteiger charge is 2.38. The molecule has 2 aromatic heterocycles. The van der Waals surface area contributed by atoms with Crippen molar-refractivity contribution < 1.29 is 23.9 Å². The molecule has 0 bridgehead atoms. The Kier molecular flexibility index (Phi) is 10.3. The van der Waals surface area contributed by atoms with Crippen molar-refractivity contribution in [1.29, 1.82) is 0 Å².